The summed E-state index contributed by atoms with van der Waals surface area (Å²) in [5.41, 5.74) is 4.94. The number of hydrogen-bond acceptors (Lipinski definition) is 3. The normalized spacial score (nSPS) is 21.0. The standard InChI is InChI=1S/C31H36N2OSi/c1-35(2,3)22-21-34-24-33-30(25-13-7-4-8-14-25)28-19-20-31(23-29(28)32-33,26-15-9-5-10-16-26)27-17-11-6-12-18-27/h4-20,28,30H,21-24H2,1-3H3. The highest BCUT2D eigenvalue weighted by Crippen LogP contribution is 2.47. The van der Waals surface area contributed by atoms with Gasteiger partial charge in [0, 0.05) is 38.1 Å². The zero-order valence-corrected chi connectivity index (χ0v) is 22.1. The van der Waals surface area contributed by atoms with Crippen molar-refractivity contribution >= 4 is 13.8 Å². The number of benzene rings is 3. The van der Waals surface area contributed by atoms with Gasteiger partial charge in [0.25, 0.3) is 0 Å². The molecule has 2 atom stereocenters. The predicted octanol–water partition coefficient (Wildman–Crippen LogP) is 7.27. The molecule has 35 heavy (non-hydrogen) atoms. The van der Waals surface area contributed by atoms with Crippen molar-refractivity contribution in [2.75, 3.05) is 13.3 Å². The highest BCUT2D eigenvalue weighted by molar-refractivity contribution is 6.76. The molecule has 0 radical (unpaired) electrons. The molecule has 0 N–H and O–H groups in total. The molecule has 5 rings (SSSR count). The lowest BCUT2D eigenvalue weighted by molar-refractivity contribution is 0.0148. The van der Waals surface area contributed by atoms with Crippen LogP contribution in [0.15, 0.2) is 108 Å². The first-order chi connectivity index (χ1) is 17.0. The second-order valence-corrected chi connectivity index (χ2v) is 16.6. The molecule has 1 aliphatic carbocycles. The molecule has 1 aliphatic heterocycles. The Morgan fingerprint density at radius 3 is 2.00 bits per heavy atom. The minimum absolute atomic E-state index is 0.166. The monoisotopic (exact) mass is 480 g/mol. The van der Waals surface area contributed by atoms with Gasteiger partial charge in [-0.25, -0.2) is 0 Å². The number of allylic oxidation sites excluding steroid dienone is 1. The van der Waals surface area contributed by atoms with Crippen LogP contribution >= 0.6 is 0 Å². The number of hydrazone groups is 1. The molecule has 0 bridgehead atoms. The van der Waals surface area contributed by atoms with E-state index in [2.05, 4.69) is 128 Å². The van der Waals surface area contributed by atoms with Crippen LogP contribution in [-0.4, -0.2) is 32.1 Å². The third-order valence-corrected chi connectivity index (χ3v) is 8.99. The van der Waals surface area contributed by atoms with Gasteiger partial charge in [0.2, 0.25) is 0 Å². The topological polar surface area (TPSA) is 24.8 Å². The number of rotatable bonds is 8. The predicted molar refractivity (Wildman–Crippen MR) is 148 cm³/mol. The van der Waals surface area contributed by atoms with Crippen molar-refractivity contribution in [1.82, 2.24) is 5.01 Å². The first-order valence-electron chi connectivity index (χ1n) is 12.7. The van der Waals surface area contributed by atoms with E-state index in [1.807, 2.05) is 0 Å². The average molecular weight is 481 g/mol. The second-order valence-electron chi connectivity index (χ2n) is 11.0. The Labute approximate surface area is 211 Å². The van der Waals surface area contributed by atoms with E-state index in [1.165, 1.54) is 28.4 Å². The van der Waals surface area contributed by atoms with Gasteiger partial charge in [0.05, 0.1) is 6.04 Å². The Kier molecular flexibility index (Phi) is 6.77. The molecule has 180 valence electrons. The molecule has 1 heterocycles. The summed E-state index contributed by atoms with van der Waals surface area (Å²) in [5.74, 6) is 0.249. The van der Waals surface area contributed by atoms with Crippen molar-refractivity contribution < 1.29 is 4.74 Å². The van der Waals surface area contributed by atoms with Gasteiger partial charge in [0.1, 0.15) is 6.73 Å². The van der Waals surface area contributed by atoms with Crippen molar-refractivity contribution in [3.63, 3.8) is 0 Å². The van der Waals surface area contributed by atoms with Crippen LogP contribution in [-0.2, 0) is 10.2 Å². The second kappa shape index (κ2) is 9.96. The summed E-state index contributed by atoms with van der Waals surface area (Å²) in [5, 5.41) is 7.42. The first-order valence-corrected chi connectivity index (χ1v) is 16.4. The van der Waals surface area contributed by atoms with Crippen LogP contribution in [0.25, 0.3) is 0 Å². The largest absolute Gasteiger partial charge is 0.360 e. The number of hydrogen-bond donors (Lipinski definition) is 0. The molecule has 2 aliphatic rings. The van der Waals surface area contributed by atoms with Gasteiger partial charge in [0.15, 0.2) is 0 Å². The van der Waals surface area contributed by atoms with Crippen LogP contribution in [0.4, 0.5) is 0 Å². The maximum Gasteiger partial charge on any atom is 0.135 e. The van der Waals surface area contributed by atoms with Crippen molar-refractivity contribution in [2.24, 2.45) is 11.0 Å². The van der Waals surface area contributed by atoms with E-state index in [1.54, 1.807) is 0 Å². The lowest BCUT2D eigenvalue weighted by Gasteiger charge is -2.37. The van der Waals surface area contributed by atoms with Crippen LogP contribution < -0.4 is 0 Å². The minimum Gasteiger partial charge on any atom is -0.360 e. The molecule has 3 aromatic rings. The molecule has 0 saturated heterocycles. The molecule has 3 aromatic carbocycles. The summed E-state index contributed by atoms with van der Waals surface area (Å²) in [4.78, 5) is 0. The molecule has 0 saturated carbocycles. The van der Waals surface area contributed by atoms with Crippen molar-refractivity contribution in [3.05, 3.63) is 120 Å². The van der Waals surface area contributed by atoms with Gasteiger partial charge >= 0.3 is 0 Å². The number of ether oxygens (including phenoxy) is 1. The zero-order valence-electron chi connectivity index (χ0n) is 21.1. The van der Waals surface area contributed by atoms with Gasteiger partial charge in [-0.1, -0.05) is 123 Å². The molecule has 2 unspecified atom stereocenters. The zero-order chi connectivity index (χ0) is 24.3. The SMILES string of the molecule is C[Si](C)(C)CCOCN1N=C2CC(c3ccccc3)(c3ccccc3)C=CC2C1c1ccccc1. The van der Waals surface area contributed by atoms with Gasteiger partial charge in [-0.15, -0.1) is 0 Å². The Morgan fingerprint density at radius 2 is 1.43 bits per heavy atom. The van der Waals surface area contributed by atoms with Gasteiger partial charge < -0.3 is 4.74 Å². The maximum atomic E-state index is 6.20. The van der Waals surface area contributed by atoms with Crippen LogP contribution in [0.5, 0.6) is 0 Å². The summed E-state index contributed by atoms with van der Waals surface area (Å²) in [6, 6.07) is 33.9. The van der Waals surface area contributed by atoms with Gasteiger partial charge in [-0.3, -0.25) is 5.01 Å². The summed E-state index contributed by atoms with van der Waals surface area (Å²) < 4.78 is 6.20. The molecule has 4 heteroatoms. The minimum atomic E-state index is -1.13. The van der Waals surface area contributed by atoms with Crippen molar-refractivity contribution in [3.8, 4) is 0 Å². The smallest absolute Gasteiger partial charge is 0.135 e. The summed E-state index contributed by atoms with van der Waals surface area (Å²) in [7, 11) is -1.13. The first kappa shape index (κ1) is 23.8. The maximum absolute atomic E-state index is 6.20. The van der Waals surface area contributed by atoms with Crippen LogP contribution in [0.1, 0.15) is 29.2 Å². The lowest BCUT2D eigenvalue weighted by atomic mass is 9.65. The molecule has 3 nitrogen and oxygen atoms in total. The fourth-order valence-corrected chi connectivity index (χ4v) is 6.11. The van der Waals surface area contributed by atoms with Gasteiger partial charge in [-0.05, 0) is 22.7 Å². The molecule has 0 amide bonds. The third kappa shape index (κ3) is 5.05. The van der Waals surface area contributed by atoms with E-state index < -0.39 is 8.07 Å². The third-order valence-electron chi connectivity index (χ3n) is 7.29. The van der Waals surface area contributed by atoms with E-state index in [9.17, 15) is 0 Å². The highest BCUT2D eigenvalue weighted by Gasteiger charge is 2.45. The Balaban J connectivity index is 1.50. The van der Waals surface area contributed by atoms with E-state index in [0.29, 0.717) is 6.73 Å². The van der Waals surface area contributed by atoms with Gasteiger partial charge in [-0.2, -0.15) is 5.10 Å². The molecular weight excluding hydrogens is 444 g/mol. The Bertz CT molecular complexity index is 1130. The van der Waals surface area contributed by atoms with E-state index >= 15 is 0 Å². The van der Waals surface area contributed by atoms with E-state index in [-0.39, 0.29) is 17.4 Å². The van der Waals surface area contributed by atoms with E-state index in [0.717, 1.165) is 13.0 Å². The quantitative estimate of drug-likeness (QED) is 0.192. The lowest BCUT2D eigenvalue weighted by Crippen LogP contribution is -2.35. The number of nitrogens with zero attached hydrogens (tertiary/aromatic N) is 2. The molecule has 0 spiro atoms. The Hall–Kier alpha value is -2.95. The summed E-state index contributed by atoms with van der Waals surface area (Å²) in [6.07, 6.45) is 5.71. The number of fused-ring (bicyclic) bond motifs is 1. The molecule has 0 fully saturated rings. The fraction of sp³-hybridized carbons (Fsp3) is 0.323. The van der Waals surface area contributed by atoms with Crippen LogP contribution in [0.2, 0.25) is 25.7 Å². The van der Waals surface area contributed by atoms with Crippen LogP contribution in [0, 0.1) is 5.92 Å². The summed E-state index contributed by atoms with van der Waals surface area (Å²) >= 11 is 0. The fourth-order valence-electron chi connectivity index (χ4n) is 5.35. The van der Waals surface area contributed by atoms with Crippen molar-refractivity contribution in [2.45, 2.75) is 43.6 Å². The molecule has 0 aromatic heterocycles. The highest BCUT2D eigenvalue weighted by atomic mass is 28.3. The van der Waals surface area contributed by atoms with Crippen LogP contribution in [0.3, 0.4) is 0 Å². The average Bonchev–Trinajstić information content (AvgIpc) is 3.24. The van der Waals surface area contributed by atoms with Crippen molar-refractivity contribution in [1.29, 1.82) is 0 Å². The Morgan fingerprint density at radius 1 is 0.857 bits per heavy atom. The molecular formula is C31H36N2OSi. The van der Waals surface area contributed by atoms with E-state index in [4.69, 9.17) is 9.84 Å². The summed E-state index contributed by atoms with van der Waals surface area (Å²) in [6.45, 7) is 8.51.